The van der Waals surface area contributed by atoms with Crippen LogP contribution in [0.15, 0.2) is 105 Å². The number of hydrogen-bond donors (Lipinski definition) is 1. The van der Waals surface area contributed by atoms with Crippen molar-refractivity contribution in [1.82, 2.24) is 0 Å². The maximum atomic E-state index is 11.3. The van der Waals surface area contributed by atoms with Crippen molar-refractivity contribution < 1.29 is 52.6 Å². The van der Waals surface area contributed by atoms with Gasteiger partial charge in [0.2, 0.25) is 20.4 Å². The normalized spacial score (nSPS) is 16.4. The SMILES string of the molecule is C=CCC(CCc1ccc2c(c1)OCO2)OC(=O)C=C.C=CCC(O)CCc1ccc2c(c1)OCO2.O=C1C=CCC(CCc2ccc3c(c2)OCO3)O1. The Labute approximate surface area is 316 Å². The molecule has 0 saturated heterocycles. The number of aliphatic hydroxyl groups excluding tert-OH is 1. The summed E-state index contributed by atoms with van der Waals surface area (Å²) >= 11 is 0. The maximum absolute atomic E-state index is 11.3. The smallest absolute Gasteiger partial charge is 0.330 e. The average Bonchev–Trinajstić information content (AvgIpc) is 3.97. The molecule has 11 nitrogen and oxygen atoms in total. The number of hydrogen-bond acceptors (Lipinski definition) is 11. The van der Waals surface area contributed by atoms with E-state index in [1.165, 1.54) is 17.7 Å². The third kappa shape index (κ3) is 12.2. The Balaban J connectivity index is 0.000000157. The van der Waals surface area contributed by atoms with Crippen molar-refractivity contribution in [2.24, 2.45) is 0 Å². The van der Waals surface area contributed by atoms with Crippen LogP contribution in [0.5, 0.6) is 34.5 Å². The monoisotopic (exact) mass is 740 g/mol. The van der Waals surface area contributed by atoms with E-state index >= 15 is 0 Å². The van der Waals surface area contributed by atoms with Crippen LogP contribution in [-0.2, 0) is 38.3 Å². The van der Waals surface area contributed by atoms with Crippen molar-refractivity contribution in [3.63, 3.8) is 0 Å². The minimum atomic E-state index is -0.400. The van der Waals surface area contributed by atoms with Crippen LogP contribution in [-0.4, -0.2) is 55.7 Å². The highest BCUT2D eigenvalue weighted by Gasteiger charge is 2.19. The molecule has 1 N–H and O–H groups in total. The number of aryl methyl sites for hydroxylation is 3. The van der Waals surface area contributed by atoms with E-state index in [4.69, 9.17) is 37.9 Å². The minimum absolute atomic E-state index is 0.00655. The summed E-state index contributed by atoms with van der Waals surface area (Å²) in [6, 6.07) is 17.7. The number of cyclic esters (lactones) is 1. The van der Waals surface area contributed by atoms with Gasteiger partial charge in [-0.15, -0.1) is 13.2 Å². The van der Waals surface area contributed by atoms with Crippen LogP contribution in [0.25, 0.3) is 0 Å². The Morgan fingerprint density at radius 3 is 1.72 bits per heavy atom. The molecule has 4 aliphatic heterocycles. The van der Waals surface area contributed by atoms with Gasteiger partial charge >= 0.3 is 11.9 Å². The fourth-order valence-corrected chi connectivity index (χ4v) is 5.96. The van der Waals surface area contributed by atoms with Crippen molar-refractivity contribution in [3.8, 4) is 34.5 Å². The first-order valence-electron chi connectivity index (χ1n) is 18.1. The Morgan fingerprint density at radius 2 is 1.22 bits per heavy atom. The number of benzene rings is 3. The van der Waals surface area contributed by atoms with Gasteiger partial charge in [0.25, 0.3) is 0 Å². The predicted octanol–water partition coefficient (Wildman–Crippen LogP) is 7.53. The van der Waals surface area contributed by atoms with Gasteiger partial charge in [-0.05, 0) is 98.0 Å². The van der Waals surface area contributed by atoms with Crippen molar-refractivity contribution >= 4 is 11.9 Å². The van der Waals surface area contributed by atoms with Gasteiger partial charge in [-0.3, -0.25) is 0 Å². The number of ether oxygens (including phenoxy) is 8. The summed E-state index contributed by atoms with van der Waals surface area (Å²) in [6.07, 6.45) is 14.4. The standard InChI is InChI=1S/C16H18O4.C14H14O4.C13H16O3/c1-3-5-13(20-16(17)4-2)8-6-12-7-9-14-15(10-12)19-11-18-14;15-14-3-1-2-11(18-14)6-4-10-5-7-12-13(8-10)17-9-16-12;1-2-3-11(14)6-4-10-5-7-12-13(8-10)16-9-15-12/h3-4,7,9-10,13H,1-2,5-6,8,11H2;1,3,5,7-8,11H,2,4,6,9H2;2,5,7-8,11,14H,1,3-4,6,9H2. The third-order valence-corrected chi connectivity index (χ3v) is 8.84. The molecule has 3 aromatic rings. The minimum Gasteiger partial charge on any atom is -0.459 e. The first kappa shape index (κ1) is 39.5. The lowest BCUT2D eigenvalue weighted by Crippen LogP contribution is -2.20. The van der Waals surface area contributed by atoms with Gasteiger partial charge in [0.05, 0.1) is 6.10 Å². The highest BCUT2D eigenvalue weighted by molar-refractivity contribution is 5.82. The van der Waals surface area contributed by atoms with Crippen molar-refractivity contribution in [3.05, 3.63) is 121 Å². The van der Waals surface area contributed by atoms with E-state index in [9.17, 15) is 14.7 Å². The molecular weight excluding hydrogens is 692 g/mol. The summed E-state index contributed by atoms with van der Waals surface area (Å²) in [5, 5.41) is 9.58. The molecule has 0 saturated carbocycles. The highest BCUT2D eigenvalue weighted by Crippen LogP contribution is 2.35. The van der Waals surface area contributed by atoms with Gasteiger partial charge < -0.3 is 43.0 Å². The number of esters is 2. The van der Waals surface area contributed by atoms with Gasteiger partial charge in [0.1, 0.15) is 12.2 Å². The second kappa shape index (κ2) is 20.5. The Morgan fingerprint density at radius 1 is 0.722 bits per heavy atom. The van der Waals surface area contributed by atoms with Gasteiger partial charge in [0.15, 0.2) is 34.5 Å². The Hall–Kier alpha value is -5.68. The van der Waals surface area contributed by atoms with E-state index < -0.39 is 5.97 Å². The van der Waals surface area contributed by atoms with Gasteiger partial charge in [-0.2, -0.15) is 0 Å². The molecule has 0 amide bonds. The number of rotatable bonds is 15. The van der Waals surface area contributed by atoms with Gasteiger partial charge in [-0.25, -0.2) is 9.59 Å². The molecule has 286 valence electrons. The van der Waals surface area contributed by atoms with Crippen molar-refractivity contribution in [2.75, 3.05) is 20.4 Å². The molecule has 0 bridgehead atoms. The van der Waals surface area contributed by atoms with Crippen LogP contribution < -0.4 is 28.4 Å². The van der Waals surface area contributed by atoms with E-state index in [1.54, 1.807) is 12.2 Å². The Bertz CT molecular complexity index is 1780. The lowest BCUT2D eigenvalue weighted by molar-refractivity contribution is -0.144. The molecule has 0 spiro atoms. The molecule has 0 aromatic heterocycles. The molecule has 11 heteroatoms. The first-order chi connectivity index (χ1) is 26.3. The highest BCUT2D eigenvalue weighted by atomic mass is 16.7. The van der Waals surface area contributed by atoms with Crippen molar-refractivity contribution in [1.29, 1.82) is 0 Å². The van der Waals surface area contributed by atoms with Crippen LogP contribution in [0.2, 0.25) is 0 Å². The quantitative estimate of drug-likeness (QED) is 0.0944. The zero-order valence-electron chi connectivity index (χ0n) is 30.5. The summed E-state index contributed by atoms with van der Waals surface area (Å²) < 4.78 is 42.2. The predicted molar refractivity (Wildman–Crippen MR) is 202 cm³/mol. The second-order valence-corrected chi connectivity index (χ2v) is 12.8. The molecule has 4 heterocycles. The largest absolute Gasteiger partial charge is 0.459 e. The fraction of sp³-hybridized carbons (Fsp3) is 0.349. The van der Waals surface area contributed by atoms with Crippen LogP contribution >= 0.6 is 0 Å². The molecule has 4 aliphatic rings. The molecular formula is C43H48O11. The summed E-state index contributed by atoms with van der Waals surface area (Å²) in [5.74, 6) is 4.10. The van der Waals surface area contributed by atoms with E-state index in [2.05, 4.69) is 19.7 Å². The van der Waals surface area contributed by atoms with Crippen LogP contribution in [0.3, 0.4) is 0 Å². The third-order valence-electron chi connectivity index (χ3n) is 8.84. The Kier molecular flexibility index (Phi) is 15.0. The van der Waals surface area contributed by atoms with Crippen LogP contribution in [0, 0.1) is 0 Å². The average molecular weight is 741 g/mol. The van der Waals surface area contributed by atoms with Gasteiger partial charge in [0, 0.05) is 25.0 Å². The molecule has 3 atom stereocenters. The van der Waals surface area contributed by atoms with E-state index in [0.29, 0.717) is 26.4 Å². The number of carbonyl (C=O) groups is 2. The molecule has 3 unspecified atom stereocenters. The molecule has 7 rings (SSSR count). The summed E-state index contributed by atoms with van der Waals surface area (Å²) in [4.78, 5) is 22.3. The fourth-order valence-electron chi connectivity index (χ4n) is 5.96. The zero-order chi connectivity index (χ0) is 38.1. The first-order valence-corrected chi connectivity index (χ1v) is 18.1. The topological polar surface area (TPSA) is 128 Å². The maximum Gasteiger partial charge on any atom is 0.330 e. The lowest BCUT2D eigenvalue weighted by atomic mass is 10.0. The zero-order valence-corrected chi connectivity index (χ0v) is 30.5. The van der Waals surface area contributed by atoms with Crippen LogP contribution in [0.1, 0.15) is 55.2 Å². The summed E-state index contributed by atoms with van der Waals surface area (Å²) in [7, 11) is 0. The van der Waals surface area contributed by atoms with Crippen LogP contribution in [0.4, 0.5) is 0 Å². The summed E-state index contributed by atoms with van der Waals surface area (Å²) in [6.45, 7) is 11.6. The summed E-state index contributed by atoms with van der Waals surface area (Å²) in [5.41, 5.74) is 3.45. The molecule has 54 heavy (non-hydrogen) atoms. The van der Waals surface area contributed by atoms with E-state index in [-0.39, 0.29) is 31.1 Å². The molecule has 0 fully saturated rings. The van der Waals surface area contributed by atoms with Crippen molar-refractivity contribution in [2.45, 2.75) is 76.1 Å². The molecule has 0 aliphatic carbocycles. The second-order valence-electron chi connectivity index (χ2n) is 12.8. The number of aliphatic hydroxyl groups is 1. The molecule has 0 radical (unpaired) electrons. The lowest BCUT2D eigenvalue weighted by Gasteiger charge is -2.18. The van der Waals surface area contributed by atoms with E-state index in [0.717, 1.165) is 90.6 Å². The van der Waals surface area contributed by atoms with E-state index in [1.807, 2.05) is 60.7 Å². The van der Waals surface area contributed by atoms with Gasteiger partial charge in [-0.1, -0.05) is 43.0 Å². The number of carbonyl (C=O) groups excluding carboxylic acids is 2. The molecule has 3 aromatic carbocycles. The number of fused-ring (bicyclic) bond motifs is 3.